The standard InChI is InChI=1S/C17H20N8/c1-13-16(19-6-5-18-13)12-24-7-8-25-15(11-24)9-14(23-25)10-22-17-20-3-2-4-21-17/h2-6,9H,7-8,10-12H2,1H3,(H,20,21,22). The first-order valence-corrected chi connectivity index (χ1v) is 8.33. The molecule has 0 fully saturated rings. The Labute approximate surface area is 146 Å². The van der Waals surface area contributed by atoms with Crippen molar-refractivity contribution < 1.29 is 0 Å². The molecule has 25 heavy (non-hydrogen) atoms. The summed E-state index contributed by atoms with van der Waals surface area (Å²) in [5, 5.41) is 7.87. The van der Waals surface area contributed by atoms with Crippen LogP contribution in [0.4, 0.5) is 5.95 Å². The average molecular weight is 336 g/mol. The number of nitrogens with zero attached hydrogens (tertiary/aromatic N) is 7. The van der Waals surface area contributed by atoms with Gasteiger partial charge in [0.1, 0.15) is 0 Å². The fourth-order valence-corrected chi connectivity index (χ4v) is 2.96. The quantitative estimate of drug-likeness (QED) is 0.754. The second kappa shape index (κ2) is 6.94. The SMILES string of the molecule is Cc1nccnc1CN1CCn2nc(CNc3ncccn3)cc2C1. The minimum absolute atomic E-state index is 0.618. The molecule has 0 saturated heterocycles. The van der Waals surface area contributed by atoms with Gasteiger partial charge in [0.25, 0.3) is 0 Å². The number of nitrogens with one attached hydrogen (secondary N) is 1. The van der Waals surface area contributed by atoms with Crippen molar-refractivity contribution in [3.63, 3.8) is 0 Å². The van der Waals surface area contributed by atoms with Gasteiger partial charge in [0.2, 0.25) is 5.95 Å². The minimum atomic E-state index is 0.618. The number of hydrogen-bond acceptors (Lipinski definition) is 7. The van der Waals surface area contributed by atoms with Crippen molar-refractivity contribution in [3.05, 3.63) is 59.7 Å². The second-order valence-corrected chi connectivity index (χ2v) is 6.08. The van der Waals surface area contributed by atoms with Crippen molar-refractivity contribution in [1.82, 2.24) is 34.6 Å². The van der Waals surface area contributed by atoms with Gasteiger partial charge in [-0.2, -0.15) is 5.10 Å². The zero-order chi connectivity index (χ0) is 17.1. The zero-order valence-electron chi connectivity index (χ0n) is 14.1. The number of aryl methyl sites for hydroxylation is 1. The molecule has 1 aliphatic rings. The number of fused-ring (bicyclic) bond motifs is 1. The normalized spacial score (nSPS) is 14.3. The van der Waals surface area contributed by atoms with E-state index in [1.807, 2.05) is 6.92 Å². The Bertz CT molecular complexity index is 845. The number of aromatic nitrogens is 6. The Hall–Kier alpha value is -2.87. The highest BCUT2D eigenvalue weighted by Crippen LogP contribution is 2.16. The monoisotopic (exact) mass is 336 g/mol. The van der Waals surface area contributed by atoms with Crippen LogP contribution in [-0.4, -0.2) is 41.2 Å². The maximum absolute atomic E-state index is 4.67. The van der Waals surface area contributed by atoms with Crippen molar-refractivity contribution in [2.24, 2.45) is 0 Å². The van der Waals surface area contributed by atoms with Crippen LogP contribution in [0.25, 0.3) is 0 Å². The van der Waals surface area contributed by atoms with Gasteiger partial charge in [-0.15, -0.1) is 0 Å². The first kappa shape index (κ1) is 15.6. The van der Waals surface area contributed by atoms with Crippen LogP contribution in [0.15, 0.2) is 36.9 Å². The molecule has 0 bridgehead atoms. The van der Waals surface area contributed by atoms with Crippen molar-refractivity contribution in [1.29, 1.82) is 0 Å². The van der Waals surface area contributed by atoms with Gasteiger partial charge < -0.3 is 5.32 Å². The average Bonchev–Trinajstić information content (AvgIpc) is 3.05. The number of rotatable bonds is 5. The summed E-state index contributed by atoms with van der Waals surface area (Å²) in [6.07, 6.45) is 6.94. The lowest BCUT2D eigenvalue weighted by molar-refractivity contribution is 0.202. The summed E-state index contributed by atoms with van der Waals surface area (Å²) in [6.45, 7) is 6.15. The summed E-state index contributed by atoms with van der Waals surface area (Å²) < 4.78 is 2.09. The van der Waals surface area contributed by atoms with Crippen LogP contribution in [-0.2, 0) is 26.2 Å². The van der Waals surface area contributed by atoms with E-state index >= 15 is 0 Å². The lowest BCUT2D eigenvalue weighted by Crippen LogP contribution is -2.33. The first-order chi connectivity index (χ1) is 12.3. The molecule has 0 aliphatic carbocycles. The predicted octanol–water partition coefficient (Wildman–Crippen LogP) is 1.40. The van der Waals surface area contributed by atoms with Gasteiger partial charge in [-0.05, 0) is 19.1 Å². The summed E-state index contributed by atoms with van der Waals surface area (Å²) in [6, 6.07) is 3.94. The van der Waals surface area contributed by atoms with Crippen molar-refractivity contribution in [2.75, 3.05) is 11.9 Å². The summed E-state index contributed by atoms with van der Waals surface area (Å²) in [7, 11) is 0. The molecule has 8 nitrogen and oxygen atoms in total. The van der Waals surface area contributed by atoms with E-state index in [-0.39, 0.29) is 0 Å². The van der Waals surface area contributed by atoms with Gasteiger partial charge in [-0.25, -0.2) is 9.97 Å². The van der Waals surface area contributed by atoms with Crippen LogP contribution in [0.2, 0.25) is 0 Å². The maximum Gasteiger partial charge on any atom is 0.222 e. The molecule has 4 rings (SSSR count). The van der Waals surface area contributed by atoms with Crippen LogP contribution in [0.5, 0.6) is 0 Å². The van der Waals surface area contributed by atoms with Gasteiger partial charge in [0.15, 0.2) is 0 Å². The van der Waals surface area contributed by atoms with E-state index in [1.165, 1.54) is 5.69 Å². The predicted molar refractivity (Wildman–Crippen MR) is 92.5 cm³/mol. The van der Waals surface area contributed by atoms with E-state index in [1.54, 1.807) is 30.9 Å². The lowest BCUT2D eigenvalue weighted by atomic mass is 10.2. The molecule has 0 unspecified atom stereocenters. The van der Waals surface area contributed by atoms with E-state index in [4.69, 9.17) is 0 Å². The molecular weight excluding hydrogens is 316 g/mol. The fraction of sp³-hybridized carbons (Fsp3) is 0.353. The first-order valence-electron chi connectivity index (χ1n) is 8.33. The molecule has 3 aromatic heterocycles. The second-order valence-electron chi connectivity index (χ2n) is 6.08. The van der Waals surface area contributed by atoms with Crippen molar-refractivity contribution in [2.45, 2.75) is 33.1 Å². The molecule has 0 radical (unpaired) electrons. The van der Waals surface area contributed by atoms with Gasteiger partial charge in [0.05, 0.1) is 35.9 Å². The van der Waals surface area contributed by atoms with E-state index in [0.29, 0.717) is 12.5 Å². The number of anilines is 1. The van der Waals surface area contributed by atoms with Gasteiger partial charge in [-0.1, -0.05) is 0 Å². The molecular formula is C17H20N8. The van der Waals surface area contributed by atoms with Crippen molar-refractivity contribution in [3.8, 4) is 0 Å². The van der Waals surface area contributed by atoms with Crippen LogP contribution in [0.1, 0.15) is 22.8 Å². The highest BCUT2D eigenvalue weighted by atomic mass is 15.3. The third-order valence-corrected chi connectivity index (χ3v) is 4.28. The molecule has 1 aliphatic heterocycles. The topological polar surface area (TPSA) is 84.7 Å². The van der Waals surface area contributed by atoms with Crippen LogP contribution in [0.3, 0.4) is 0 Å². The summed E-state index contributed by atoms with van der Waals surface area (Å²) in [5.74, 6) is 0.619. The zero-order valence-corrected chi connectivity index (χ0v) is 14.1. The third-order valence-electron chi connectivity index (χ3n) is 4.28. The molecule has 0 saturated carbocycles. The highest BCUT2D eigenvalue weighted by molar-refractivity contribution is 5.24. The molecule has 0 aromatic carbocycles. The van der Waals surface area contributed by atoms with E-state index < -0.39 is 0 Å². The molecule has 128 valence electrons. The Kier molecular flexibility index (Phi) is 4.34. The van der Waals surface area contributed by atoms with Crippen LogP contribution in [0, 0.1) is 6.92 Å². The Balaban J connectivity index is 1.40. The molecule has 0 spiro atoms. The van der Waals surface area contributed by atoms with E-state index in [2.05, 4.69) is 46.0 Å². The molecule has 1 N–H and O–H groups in total. The Morgan fingerprint density at radius 1 is 1.04 bits per heavy atom. The smallest absolute Gasteiger partial charge is 0.222 e. The lowest BCUT2D eigenvalue weighted by Gasteiger charge is -2.27. The molecule has 0 amide bonds. The van der Waals surface area contributed by atoms with E-state index in [9.17, 15) is 0 Å². The minimum Gasteiger partial charge on any atom is -0.348 e. The van der Waals surface area contributed by atoms with Crippen LogP contribution >= 0.6 is 0 Å². The summed E-state index contributed by atoms with van der Waals surface area (Å²) >= 11 is 0. The van der Waals surface area contributed by atoms with Gasteiger partial charge >= 0.3 is 0 Å². The van der Waals surface area contributed by atoms with Crippen molar-refractivity contribution >= 4 is 5.95 Å². The number of hydrogen-bond donors (Lipinski definition) is 1. The highest BCUT2D eigenvalue weighted by Gasteiger charge is 2.19. The molecule has 0 atom stereocenters. The third kappa shape index (κ3) is 3.63. The summed E-state index contributed by atoms with van der Waals surface area (Å²) in [5.41, 5.74) is 4.26. The van der Waals surface area contributed by atoms with Gasteiger partial charge in [0, 0.05) is 44.4 Å². The Morgan fingerprint density at radius 3 is 2.72 bits per heavy atom. The largest absolute Gasteiger partial charge is 0.348 e. The fourth-order valence-electron chi connectivity index (χ4n) is 2.96. The van der Waals surface area contributed by atoms with Gasteiger partial charge in [-0.3, -0.25) is 19.5 Å². The molecule has 8 heteroatoms. The Morgan fingerprint density at radius 2 is 1.88 bits per heavy atom. The maximum atomic E-state index is 4.67. The summed E-state index contributed by atoms with van der Waals surface area (Å²) in [4.78, 5) is 19.5. The van der Waals surface area contributed by atoms with Crippen LogP contribution < -0.4 is 5.32 Å². The van der Waals surface area contributed by atoms with E-state index in [0.717, 1.165) is 43.3 Å². The molecule has 3 aromatic rings. The molecule has 4 heterocycles.